The second kappa shape index (κ2) is 7.56. The van der Waals surface area contributed by atoms with Gasteiger partial charge in [-0.2, -0.15) is 15.4 Å². The van der Waals surface area contributed by atoms with Gasteiger partial charge in [-0.1, -0.05) is 0 Å². The topological polar surface area (TPSA) is 120 Å². The molecular formula is C16H23N7O2. The normalized spacial score (nSPS) is 20.9. The lowest BCUT2D eigenvalue weighted by Crippen LogP contribution is -2.21. The van der Waals surface area contributed by atoms with Gasteiger partial charge in [-0.3, -0.25) is 9.69 Å². The average Bonchev–Trinajstić information content (AvgIpc) is 3.18. The number of hydrogen-bond acceptors (Lipinski definition) is 7. The van der Waals surface area contributed by atoms with Crippen LogP contribution in [-0.2, 0) is 11.3 Å². The van der Waals surface area contributed by atoms with Crippen molar-refractivity contribution in [3.05, 3.63) is 29.8 Å². The summed E-state index contributed by atoms with van der Waals surface area (Å²) < 4.78 is 0. The molecule has 0 unspecified atom stereocenters. The molecule has 0 spiro atoms. The molecule has 3 rings (SSSR count). The molecule has 2 aromatic heterocycles. The van der Waals surface area contributed by atoms with Crippen LogP contribution in [0.4, 0.5) is 5.95 Å². The van der Waals surface area contributed by atoms with Crippen molar-refractivity contribution in [2.24, 2.45) is 5.92 Å². The summed E-state index contributed by atoms with van der Waals surface area (Å²) in [5, 5.41) is 23.0. The third kappa shape index (κ3) is 4.50. The standard InChI is InChI=1S/C16H23N7O2/c1-10(2)20-16-17-4-11(5-18-16)7-23-8-12(3-15(24)25)13(9-23)14-6-19-22-21-14/h4-6,10,12-13H,3,7-9H2,1-2H3,(H,24,25)(H,17,18,20)(H,19,21,22)/t12-,13+/m1/s1. The smallest absolute Gasteiger partial charge is 0.303 e. The van der Waals surface area contributed by atoms with Gasteiger partial charge in [0.2, 0.25) is 5.95 Å². The molecule has 0 bridgehead atoms. The Kier molecular flexibility index (Phi) is 5.22. The molecule has 0 aliphatic carbocycles. The van der Waals surface area contributed by atoms with Crippen LogP contribution in [0.5, 0.6) is 0 Å². The Bertz CT molecular complexity index is 687. The Morgan fingerprint density at radius 3 is 2.72 bits per heavy atom. The van der Waals surface area contributed by atoms with Crippen LogP contribution in [0.15, 0.2) is 18.6 Å². The van der Waals surface area contributed by atoms with E-state index < -0.39 is 5.97 Å². The zero-order valence-corrected chi connectivity index (χ0v) is 14.4. The van der Waals surface area contributed by atoms with E-state index in [9.17, 15) is 9.90 Å². The summed E-state index contributed by atoms with van der Waals surface area (Å²) in [5.74, 6) is -0.0831. The number of rotatable bonds is 7. The highest BCUT2D eigenvalue weighted by Crippen LogP contribution is 2.34. The summed E-state index contributed by atoms with van der Waals surface area (Å²) in [6.45, 7) is 6.21. The summed E-state index contributed by atoms with van der Waals surface area (Å²) in [4.78, 5) is 22.0. The Labute approximate surface area is 145 Å². The number of aromatic nitrogens is 5. The van der Waals surface area contributed by atoms with E-state index in [4.69, 9.17) is 0 Å². The van der Waals surface area contributed by atoms with Gasteiger partial charge in [-0.15, -0.1) is 0 Å². The maximum absolute atomic E-state index is 11.2. The average molecular weight is 345 g/mol. The van der Waals surface area contributed by atoms with Crippen molar-refractivity contribution in [3.8, 4) is 0 Å². The highest BCUT2D eigenvalue weighted by molar-refractivity contribution is 5.67. The van der Waals surface area contributed by atoms with Crippen LogP contribution in [0.25, 0.3) is 0 Å². The Balaban J connectivity index is 1.65. The van der Waals surface area contributed by atoms with Crippen molar-refractivity contribution in [3.63, 3.8) is 0 Å². The van der Waals surface area contributed by atoms with Gasteiger partial charge in [0.05, 0.1) is 18.3 Å². The molecule has 1 aliphatic rings. The van der Waals surface area contributed by atoms with Crippen molar-refractivity contribution in [1.82, 2.24) is 30.3 Å². The lowest BCUT2D eigenvalue weighted by molar-refractivity contribution is -0.138. The van der Waals surface area contributed by atoms with Crippen LogP contribution in [-0.4, -0.2) is 60.5 Å². The Morgan fingerprint density at radius 1 is 1.36 bits per heavy atom. The molecule has 1 saturated heterocycles. The minimum absolute atomic E-state index is 0.0189. The molecule has 0 saturated carbocycles. The van der Waals surface area contributed by atoms with Gasteiger partial charge >= 0.3 is 5.97 Å². The summed E-state index contributed by atoms with van der Waals surface area (Å²) in [5.41, 5.74) is 1.82. The van der Waals surface area contributed by atoms with Crippen LogP contribution in [0.3, 0.4) is 0 Å². The van der Waals surface area contributed by atoms with Crippen molar-refractivity contribution >= 4 is 11.9 Å². The first-order chi connectivity index (χ1) is 12.0. The fourth-order valence-corrected chi connectivity index (χ4v) is 3.27. The second-order valence-electron chi connectivity index (χ2n) is 6.77. The summed E-state index contributed by atoms with van der Waals surface area (Å²) in [7, 11) is 0. The minimum Gasteiger partial charge on any atom is -0.481 e. The molecule has 25 heavy (non-hydrogen) atoms. The highest BCUT2D eigenvalue weighted by atomic mass is 16.4. The van der Waals surface area contributed by atoms with Gasteiger partial charge in [0, 0.05) is 49.6 Å². The number of H-pyrrole nitrogens is 1. The lowest BCUT2D eigenvalue weighted by atomic mass is 9.91. The quantitative estimate of drug-likeness (QED) is 0.682. The molecule has 1 fully saturated rings. The van der Waals surface area contributed by atoms with E-state index in [1.807, 2.05) is 26.2 Å². The van der Waals surface area contributed by atoms with Crippen LogP contribution in [0.2, 0.25) is 0 Å². The van der Waals surface area contributed by atoms with Crippen molar-refractivity contribution in [2.75, 3.05) is 18.4 Å². The zero-order chi connectivity index (χ0) is 17.8. The zero-order valence-electron chi connectivity index (χ0n) is 14.4. The van der Waals surface area contributed by atoms with E-state index in [-0.39, 0.29) is 24.3 Å². The van der Waals surface area contributed by atoms with Gasteiger partial charge in [-0.05, 0) is 19.8 Å². The molecule has 0 amide bonds. The van der Waals surface area contributed by atoms with E-state index in [2.05, 4.69) is 35.6 Å². The summed E-state index contributed by atoms with van der Waals surface area (Å²) in [6, 6.07) is 0.282. The third-order valence-electron chi connectivity index (χ3n) is 4.30. The van der Waals surface area contributed by atoms with Crippen molar-refractivity contribution < 1.29 is 9.90 Å². The van der Waals surface area contributed by atoms with Crippen LogP contribution in [0.1, 0.15) is 37.4 Å². The fourth-order valence-electron chi connectivity index (χ4n) is 3.27. The largest absolute Gasteiger partial charge is 0.481 e. The molecule has 3 heterocycles. The number of nitrogens with one attached hydrogen (secondary N) is 2. The second-order valence-corrected chi connectivity index (χ2v) is 6.77. The molecule has 1 aliphatic heterocycles. The van der Waals surface area contributed by atoms with Crippen molar-refractivity contribution in [2.45, 2.75) is 38.8 Å². The Morgan fingerprint density at radius 2 is 2.12 bits per heavy atom. The third-order valence-corrected chi connectivity index (χ3v) is 4.30. The monoisotopic (exact) mass is 345 g/mol. The molecular weight excluding hydrogens is 322 g/mol. The number of hydrogen-bond donors (Lipinski definition) is 3. The van der Waals surface area contributed by atoms with Crippen LogP contribution >= 0.6 is 0 Å². The lowest BCUT2D eigenvalue weighted by Gasteiger charge is -2.15. The van der Waals surface area contributed by atoms with Gasteiger partial charge < -0.3 is 10.4 Å². The predicted molar refractivity (Wildman–Crippen MR) is 90.9 cm³/mol. The fraction of sp³-hybridized carbons (Fsp3) is 0.562. The molecule has 3 N–H and O–H groups in total. The summed E-state index contributed by atoms with van der Waals surface area (Å²) in [6.07, 6.45) is 5.43. The first kappa shape index (κ1) is 17.3. The maximum Gasteiger partial charge on any atom is 0.303 e. The SMILES string of the molecule is CC(C)Nc1ncc(CN2C[C@@H](CC(=O)O)[C@@H](c3cn[nH]n3)C2)cn1. The Hall–Kier alpha value is -2.55. The molecule has 2 atom stereocenters. The number of carboxylic acid groups (broad SMARTS) is 1. The van der Waals surface area contributed by atoms with E-state index in [0.29, 0.717) is 19.0 Å². The number of nitrogens with zero attached hydrogens (tertiary/aromatic N) is 5. The molecule has 2 aromatic rings. The molecule has 134 valence electrons. The van der Waals surface area contributed by atoms with E-state index in [1.54, 1.807) is 6.20 Å². The van der Waals surface area contributed by atoms with Gasteiger partial charge in [-0.25, -0.2) is 9.97 Å². The predicted octanol–water partition coefficient (Wildman–Crippen LogP) is 1.11. The minimum atomic E-state index is -0.784. The number of likely N-dealkylation sites (tertiary alicyclic amines) is 1. The van der Waals surface area contributed by atoms with Gasteiger partial charge in [0.15, 0.2) is 0 Å². The molecule has 0 aromatic carbocycles. The van der Waals surface area contributed by atoms with Gasteiger partial charge in [0.1, 0.15) is 0 Å². The first-order valence-electron chi connectivity index (χ1n) is 8.38. The summed E-state index contributed by atoms with van der Waals surface area (Å²) >= 11 is 0. The number of carboxylic acids is 1. The first-order valence-corrected chi connectivity index (χ1v) is 8.38. The number of aliphatic carboxylic acids is 1. The van der Waals surface area contributed by atoms with Crippen LogP contribution in [0, 0.1) is 5.92 Å². The number of aromatic amines is 1. The van der Waals surface area contributed by atoms with Crippen LogP contribution < -0.4 is 5.32 Å². The van der Waals surface area contributed by atoms with E-state index in [0.717, 1.165) is 17.8 Å². The number of anilines is 1. The van der Waals surface area contributed by atoms with Gasteiger partial charge in [0.25, 0.3) is 0 Å². The molecule has 9 heteroatoms. The van der Waals surface area contributed by atoms with E-state index in [1.165, 1.54) is 0 Å². The van der Waals surface area contributed by atoms with E-state index >= 15 is 0 Å². The van der Waals surface area contributed by atoms with Crippen molar-refractivity contribution in [1.29, 1.82) is 0 Å². The molecule has 9 nitrogen and oxygen atoms in total. The maximum atomic E-state index is 11.2. The number of carbonyl (C=O) groups is 1. The highest BCUT2D eigenvalue weighted by Gasteiger charge is 2.36. The molecule has 0 radical (unpaired) electrons.